The summed E-state index contributed by atoms with van der Waals surface area (Å²) >= 11 is 0. The zero-order chi connectivity index (χ0) is 12.9. The maximum atomic E-state index is 12.4. The summed E-state index contributed by atoms with van der Waals surface area (Å²) in [4.78, 5) is 11.5. The topological polar surface area (TPSA) is 55.1 Å². The van der Waals surface area contributed by atoms with Crippen molar-refractivity contribution < 1.29 is 18.0 Å². The Morgan fingerprint density at radius 2 is 2.06 bits per heavy atom. The van der Waals surface area contributed by atoms with Crippen LogP contribution in [-0.4, -0.2) is 19.0 Å². The quantitative estimate of drug-likeness (QED) is 0.796. The van der Waals surface area contributed by atoms with Crippen molar-refractivity contribution in [2.24, 2.45) is 5.73 Å². The van der Waals surface area contributed by atoms with Crippen molar-refractivity contribution in [3.05, 3.63) is 35.4 Å². The third kappa shape index (κ3) is 4.07. The molecule has 0 heterocycles. The van der Waals surface area contributed by atoms with Gasteiger partial charge < -0.3 is 11.1 Å². The highest BCUT2D eigenvalue weighted by atomic mass is 19.4. The minimum Gasteiger partial charge on any atom is -0.352 e. The summed E-state index contributed by atoms with van der Waals surface area (Å²) in [6, 6.07) is 4.31. The number of nitrogens with two attached hydrogens (primary N) is 1. The molecule has 0 bridgehead atoms. The second kappa shape index (κ2) is 5.67. The molecule has 0 saturated heterocycles. The Labute approximate surface area is 96.8 Å². The number of hydrogen-bond donors (Lipinski definition) is 2. The molecular weight excluding hydrogens is 233 g/mol. The van der Waals surface area contributed by atoms with Gasteiger partial charge in [-0.2, -0.15) is 13.2 Å². The Morgan fingerprint density at radius 3 is 2.65 bits per heavy atom. The van der Waals surface area contributed by atoms with Gasteiger partial charge in [0.25, 0.3) is 5.91 Å². The molecule has 0 unspecified atom stereocenters. The van der Waals surface area contributed by atoms with E-state index < -0.39 is 17.6 Å². The summed E-state index contributed by atoms with van der Waals surface area (Å²) in [7, 11) is 0. The van der Waals surface area contributed by atoms with Crippen LogP contribution in [0.15, 0.2) is 24.3 Å². The molecule has 1 aromatic rings. The molecule has 0 fully saturated rings. The number of carbonyl (C=O) groups excluding carboxylic acids is 1. The van der Waals surface area contributed by atoms with Crippen LogP contribution in [0.5, 0.6) is 0 Å². The molecule has 94 valence electrons. The van der Waals surface area contributed by atoms with Gasteiger partial charge in [0, 0.05) is 12.1 Å². The number of hydrogen-bond acceptors (Lipinski definition) is 2. The lowest BCUT2D eigenvalue weighted by molar-refractivity contribution is -0.137. The molecule has 3 N–H and O–H groups in total. The first-order valence-electron chi connectivity index (χ1n) is 5.10. The number of rotatable bonds is 4. The van der Waals surface area contributed by atoms with Crippen molar-refractivity contribution in [1.29, 1.82) is 0 Å². The van der Waals surface area contributed by atoms with Crippen molar-refractivity contribution in [1.82, 2.24) is 5.32 Å². The number of alkyl halides is 3. The van der Waals surface area contributed by atoms with Gasteiger partial charge in [0.1, 0.15) is 0 Å². The monoisotopic (exact) mass is 246 g/mol. The summed E-state index contributed by atoms with van der Waals surface area (Å²) in [5.74, 6) is -0.524. The minimum absolute atomic E-state index is 0.00292. The van der Waals surface area contributed by atoms with Gasteiger partial charge in [0.05, 0.1) is 5.56 Å². The first kappa shape index (κ1) is 13.5. The third-order valence-corrected chi connectivity index (χ3v) is 2.12. The number of amides is 1. The van der Waals surface area contributed by atoms with Crippen molar-refractivity contribution in [3.8, 4) is 0 Å². The second-order valence-electron chi connectivity index (χ2n) is 3.48. The largest absolute Gasteiger partial charge is 0.416 e. The van der Waals surface area contributed by atoms with Crippen LogP contribution in [-0.2, 0) is 6.18 Å². The van der Waals surface area contributed by atoms with Crippen LogP contribution >= 0.6 is 0 Å². The lowest BCUT2D eigenvalue weighted by Gasteiger charge is -2.08. The molecule has 0 aliphatic heterocycles. The molecule has 0 atom stereocenters. The van der Waals surface area contributed by atoms with E-state index >= 15 is 0 Å². The van der Waals surface area contributed by atoms with Crippen LogP contribution in [0, 0.1) is 0 Å². The molecule has 0 aliphatic carbocycles. The van der Waals surface area contributed by atoms with Gasteiger partial charge in [-0.15, -0.1) is 0 Å². The third-order valence-electron chi connectivity index (χ3n) is 2.12. The molecule has 17 heavy (non-hydrogen) atoms. The van der Waals surface area contributed by atoms with E-state index in [9.17, 15) is 18.0 Å². The average molecular weight is 246 g/mol. The highest BCUT2D eigenvalue weighted by Crippen LogP contribution is 2.29. The van der Waals surface area contributed by atoms with E-state index in [1.165, 1.54) is 12.1 Å². The smallest absolute Gasteiger partial charge is 0.352 e. The molecule has 6 heteroatoms. The van der Waals surface area contributed by atoms with Crippen molar-refractivity contribution in [2.45, 2.75) is 12.6 Å². The Hall–Kier alpha value is -1.56. The van der Waals surface area contributed by atoms with Gasteiger partial charge in [-0.1, -0.05) is 6.07 Å². The number of nitrogens with one attached hydrogen (secondary N) is 1. The van der Waals surface area contributed by atoms with Gasteiger partial charge in [0.15, 0.2) is 0 Å². The first-order chi connectivity index (χ1) is 7.95. The van der Waals surface area contributed by atoms with Crippen LogP contribution in [0.2, 0.25) is 0 Å². The van der Waals surface area contributed by atoms with Gasteiger partial charge in [-0.25, -0.2) is 0 Å². The van der Waals surface area contributed by atoms with E-state index in [4.69, 9.17) is 5.73 Å². The molecule has 0 saturated carbocycles. The van der Waals surface area contributed by atoms with Gasteiger partial charge >= 0.3 is 6.18 Å². The van der Waals surface area contributed by atoms with E-state index in [2.05, 4.69) is 5.32 Å². The lowest BCUT2D eigenvalue weighted by Crippen LogP contribution is -2.26. The maximum Gasteiger partial charge on any atom is 0.416 e. The number of halogens is 3. The molecule has 1 rings (SSSR count). The Bertz CT molecular complexity index is 391. The summed E-state index contributed by atoms with van der Waals surface area (Å²) < 4.78 is 37.2. The fraction of sp³-hybridized carbons (Fsp3) is 0.364. The molecule has 0 aromatic heterocycles. The fourth-order valence-electron chi connectivity index (χ4n) is 1.24. The van der Waals surface area contributed by atoms with Crippen LogP contribution in [0.4, 0.5) is 13.2 Å². The molecule has 1 amide bonds. The van der Waals surface area contributed by atoms with Crippen molar-refractivity contribution >= 4 is 5.91 Å². The standard InChI is InChI=1S/C11H13F3N2O/c12-11(13,14)9-4-1-3-8(7-9)10(17)16-6-2-5-15/h1,3-4,7H,2,5-6,15H2,(H,16,17). The Morgan fingerprint density at radius 1 is 1.35 bits per heavy atom. The van der Waals surface area contributed by atoms with Crippen LogP contribution in [0.1, 0.15) is 22.3 Å². The Balaban J connectivity index is 2.74. The highest BCUT2D eigenvalue weighted by Gasteiger charge is 2.30. The first-order valence-corrected chi connectivity index (χ1v) is 5.10. The minimum atomic E-state index is -4.44. The van der Waals surface area contributed by atoms with Gasteiger partial charge in [0.2, 0.25) is 0 Å². The molecule has 0 spiro atoms. The second-order valence-corrected chi connectivity index (χ2v) is 3.48. The van der Waals surface area contributed by atoms with Gasteiger partial charge in [-0.05, 0) is 31.2 Å². The predicted molar refractivity (Wildman–Crippen MR) is 57.4 cm³/mol. The highest BCUT2D eigenvalue weighted by molar-refractivity contribution is 5.94. The van der Waals surface area contributed by atoms with Crippen LogP contribution in [0.25, 0.3) is 0 Å². The Kier molecular flexibility index (Phi) is 4.51. The zero-order valence-corrected chi connectivity index (χ0v) is 9.05. The van der Waals surface area contributed by atoms with E-state index in [1.807, 2.05) is 0 Å². The van der Waals surface area contributed by atoms with Gasteiger partial charge in [-0.3, -0.25) is 4.79 Å². The van der Waals surface area contributed by atoms with E-state index in [-0.39, 0.29) is 5.56 Å². The molecular formula is C11H13F3N2O. The zero-order valence-electron chi connectivity index (χ0n) is 9.05. The van der Waals surface area contributed by atoms with Crippen LogP contribution in [0.3, 0.4) is 0 Å². The average Bonchev–Trinajstić information content (AvgIpc) is 2.28. The lowest BCUT2D eigenvalue weighted by atomic mass is 10.1. The van der Waals surface area contributed by atoms with Crippen LogP contribution < -0.4 is 11.1 Å². The van der Waals surface area contributed by atoms with E-state index in [0.29, 0.717) is 19.5 Å². The van der Waals surface area contributed by atoms with Crippen molar-refractivity contribution in [2.75, 3.05) is 13.1 Å². The summed E-state index contributed by atoms with van der Waals surface area (Å²) in [5, 5.41) is 2.49. The fourth-order valence-corrected chi connectivity index (χ4v) is 1.24. The SMILES string of the molecule is NCCCNC(=O)c1cccc(C(F)(F)F)c1. The summed E-state index contributed by atoms with van der Waals surface area (Å²) in [5.41, 5.74) is 4.40. The predicted octanol–water partition coefficient (Wildman–Crippen LogP) is 1.78. The van der Waals surface area contributed by atoms with Crippen molar-refractivity contribution in [3.63, 3.8) is 0 Å². The number of benzene rings is 1. The molecule has 0 radical (unpaired) electrons. The summed E-state index contributed by atoms with van der Waals surface area (Å²) in [6.45, 7) is 0.772. The molecule has 1 aromatic carbocycles. The van der Waals surface area contributed by atoms with E-state index in [0.717, 1.165) is 12.1 Å². The normalized spacial score (nSPS) is 11.3. The maximum absolute atomic E-state index is 12.4. The summed E-state index contributed by atoms with van der Waals surface area (Å²) in [6.07, 6.45) is -3.85. The number of carbonyl (C=O) groups is 1. The molecule has 3 nitrogen and oxygen atoms in total. The van der Waals surface area contributed by atoms with E-state index in [1.54, 1.807) is 0 Å². The molecule has 0 aliphatic rings.